The average molecular weight is 280 g/mol. The first-order valence-corrected chi connectivity index (χ1v) is 7.26. The molecule has 4 heteroatoms. The van der Waals surface area contributed by atoms with Gasteiger partial charge in [0, 0.05) is 11.6 Å². The van der Waals surface area contributed by atoms with Gasteiger partial charge in [0.05, 0.1) is 11.4 Å². The van der Waals surface area contributed by atoms with Crippen LogP contribution < -0.4 is 0 Å². The van der Waals surface area contributed by atoms with Crippen LogP contribution >= 0.6 is 0 Å². The minimum absolute atomic E-state index is 0.470. The topological polar surface area (TPSA) is 52.1 Å². The fourth-order valence-corrected chi connectivity index (χ4v) is 1.49. The van der Waals surface area contributed by atoms with Crippen molar-refractivity contribution in [3.05, 3.63) is 35.0 Å². The summed E-state index contributed by atoms with van der Waals surface area (Å²) in [6, 6.07) is 1.88. The number of aromatic nitrogens is 2. The standard InChI is InChI=1S/C8H13NO.C6H9NO.C2H6/c1-5(2)8-6(3)7(4)10-9-8;1-5(2)6-3-4-8-7-6;1-2/h5H,1-4H3;3-5H,1-2H3;1-2H3. The Labute approximate surface area is 122 Å². The van der Waals surface area contributed by atoms with Gasteiger partial charge in [0.2, 0.25) is 0 Å². The van der Waals surface area contributed by atoms with Crippen molar-refractivity contribution >= 4 is 0 Å². The normalized spacial score (nSPS) is 9.90. The smallest absolute Gasteiger partial charge is 0.136 e. The quantitative estimate of drug-likeness (QED) is 0.755. The van der Waals surface area contributed by atoms with Gasteiger partial charge in [0.25, 0.3) is 0 Å². The summed E-state index contributed by atoms with van der Waals surface area (Å²) in [6.45, 7) is 16.4. The van der Waals surface area contributed by atoms with Crippen LogP contribution in [0.5, 0.6) is 0 Å². The third-order valence-electron chi connectivity index (χ3n) is 2.79. The van der Waals surface area contributed by atoms with E-state index in [1.807, 2.05) is 33.8 Å². The molecule has 0 spiro atoms. The van der Waals surface area contributed by atoms with Crippen molar-refractivity contribution in [2.24, 2.45) is 0 Å². The highest BCUT2D eigenvalue weighted by molar-refractivity contribution is 5.22. The van der Waals surface area contributed by atoms with E-state index in [0.29, 0.717) is 11.8 Å². The van der Waals surface area contributed by atoms with Gasteiger partial charge in [0.15, 0.2) is 0 Å². The first-order chi connectivity index (χ1) is 9.43. The van der Waals surface area contributed by atoms with Crippen molar-refractivity contribution in [2.45, 2.75) is 67.2 Å². The maximum atomic E-state index is 5.01. The molecule has 0 fully saturated rings. The molecule has 0 radical (unpaired) electrons. The summed E-state index contributed by atoms with van der Waals surface area (Å²) in [5, 5.41) is 7.68. The molecule has 0 aromatic carbocycles. The predicted molar refractivity (Wildman–Crippen MR) is 82.0 cm³/mol. The first kappa shape index (κ1) is 18.4. The monoisotopic (exact) mass is 280 g/mol. The van der Waals surface area contributed by atoms with E-state index in [2.05, 4.69) is 42.5 Å². The molecule has 2 rings (SSSR count). The van der Waals surface area contributed by atoms with Crippen LogP contribution in [0, 0.1) is 13.8 Å². The molecule has 4 nitrogen and oxygen atoms in total. The molecule has 114 valence electrons. The molecular formula is C16H28N2O2. The van der Waals surface area contributed by atoms with Gasteiger partial charge in [-0.3, -0.25) is 0 Å². The first-order valence-electron chi connectivity index (χ1n) is 7.26. The second-order valence-corrected chi connectivity index (χ2v) is 4.98. The third kappa shape index (κ3) is 5.59. The summed E-state index contributed by atoms with van der Waals surface area (Å²) in [5.41, 5.74) is 3.29. The summed E-state index contributed by atoms with van der Waals surface area (Å²) >= 11 is 0. The maximum Gasteiger partial charge on any atom is 0.136 e. The summed E-state index contributed by atoms with van der Waals surface area (Å²) < 4.78 is 9.63. The molecule has 0 saturated carbocycles. The molecule has 0 saturated heterocycles. The Morgan fingerprint density at radius 3 is 1.75 bits per heavy atom. The molecule has 0 bridgehead atoms. The van der Waals surface area contributed by atoms with Crippen LogP contribution in [-0.4, -0.2) is 10.3 Å². The molecule has 2 heterocycles. The fourth-order valence-electron chi connectivity index (χ4n) is 1.49. The van der Waals surface area contributed by atoms with Crippen LogP contribution in [0.3, 0.4) is 0 Å². The van der Waals surface area contributed by atoms with E-state index in [1.165, 1.54) is 5.56 Å². The number of rotatable bonds is 2. The Bertz CT molecular complexity index is 457. The summed E-state index contributed by atoms with van der Waals surface area (Å²) in [4.78, 5) is 0. The van der Waals surface area contributed by atoms with E-state index in [-0.39, 0.29) is 0 Å². The van der Waals surface area contributed by atoms with Crippen molar-refractivity contribution in [1.29, 1.82) is 0 Å². The zero-order valence-electron chi connectivity index (χ0n) is 14.0. The van der Waals surface area contributed by atoms with Gasteiger partial charge < -0.3 is 9.05 Å². The second kappa shape index (κ2) is 9.34. The van der Waals surface area contributed by atoms with Crippen LogP contribution in [0.2, 0.25) is 0 Å². The Hall–Kier alpha value is -1.58. The van der Waals surface area contributed by atoms with Crippen LogP contribution in [0.1, 0.15) is 76.1 Å². The lowest BCUT2D eigenvalue weighted by atomic mass is 10.1. The predicted octanol–water partition coefficient (Wildman–Crippen LogP) is 5.24. The van der Waals surface area contributed by atoms with E-state index in [0.717, 1.165) is 17.1 Å². The van der Waals surface area contributed by atoms with Crippen molar-refractivity contribution < 1.29 is 9.05 Å². The Balaban J connectivity index is 0.000000327. The van der Waals surface area contributed by atoms with E-state index < -0.39 is 0 Å². The molecule has 0 amide bonds. The highest BCUT2D eigenvalue weighted by Gasteiger charge is 2.10. The van der Waals surface area contributed by atoms with E-state index >= 15 is 0 Å². The number of nitrogens with zero attached hydrogens (tertiary/aromatic N) is 2. The SMILES string of the molecule is CC.CC(C)c1ccon1.Cc1onc(C(C)C)c1C. The van der Waals surface area contributed by atoms with Gasteiger partial charge in [-0.25, -0.2) is 0 Å². The second-order valence-electron chi connectivity index (χ2n) is 4.98. The maximum absolute atomic E-state index is 5.01. The molecule has 0 aliphatic heterocycles. The molecule has 0 aliphatic rings. The molecule has 0 atom stereocenters. The minimum Gasteiger partial charge on any atom is -0.365 e. The zero-order valence-corrected chi connectivity index (χ0v) is 14.0. The summed E-state index contributed by atoms with van der Waals surface area (Å²) in [5.74, 6) is 1.88. The number of hydrogen-bond donors (Lipinski definition) is 0. The van der Waals surface area contributed by atoms with Crippen LogP contribution in [0.4, 0.5) is 0 Å². The van der Waals surface area contributed by atoms with Crippen LogP contribution in [-0.2, 0) is 0 Å². The molecular weight excluding hydrogens is 252 g/mol. The third-order valence-corrected chi connectivity index (χ3v) is 2.79. The number of aryl methyl sites for hydroxylation is 1. The van der Waals surface area contributed by atoms with Crippen molar-refractivity contribution in [1.82, 2.24) is 10.3 Å². The Kier molecular flexibility index (Phi) is 8.61. The van der Waals surface area contributed by atoms with Crippen LogP contribution in [0.25, 0.3) is 0 Å². The number of hydrogen-bond acceptors (Lipinski definition) is 4. The van der Waals surface area contributed by atoms with E-state index in [4.69, 9.17) is 4.52 Å². The van der Waals surface area contributed by atoms with Crippen molar-refractivity contribution in [2.75, 3.05) is 0 Å². The molecule has 0 unspecified atom stereocenters. The van der Waals surface area contributed by atoms with E-state index in [9.17, 15) is 0 Å². The lowest BCUT2D eigenvalue weighted by molar-refractivity contribution is 0.387. The van der Waals surface area contributed by atoms with Gasteiger partial charge >= 0.3 is 0 Å². The molecule has 2 aromatic heterocycles. The van der Waals surface area contributed by atoms with Crippen molar-refractivity contribution in [3.8, 4) is 0 Å². The van der Waals surface area contributed by atoms with Gasteiger partial charge in [0.1, 0.15) is 12.0 Å². The lowest BCUT2D eigenvalue weighted by Crippen LogP contribution is -1.89. The van der Waals surface area contributed by atoms with E-state index in [1.54, 1.807) is 6.26 Å². The molecule has 0 N–H and O–H groups in total. The molecule has 0 aliphatic carbocycles. The van der Waals surface area contributed by atoms with Crippen molar-refractivity contribution in [3.63, 3.8) is 0 Å². The van der Waals surface area contributed by atoms with Gasteiger partial charge in [-0.1, -0.05) is 51.9 Å². The highest BCUT2D eigenvalue weighted by Crippen LogP contribution is 2.19. The average Bonchev–Trinajstić information content (AvgIpc) is 3.04. The highest BCUT2D eigenvalue weighted by atomic mass is 16.5. The van der Waals surface area contributed by atoms with Gasteiger partial charge in [-0.15, -0.1) is 0 Å². The Morgan fingerprint density at radius 1 is 0.950 bits per heavy atom. The zero-order chi connectivity index (χ0) is 15.7. The summed E-state index contributed by atoms with van der Waals surface area (Å²) in [7, 11) is 0. The minimum atomic E-state index is 0.470. The molecule has 2 aromatic rings. The largest absolute Gasteiger partial charge is 0.365 e. The van der Waals surface area contributed by atoms with Gasteiger partial charge in [-0.05, 0) is 25.7 Å². The lowest BCUT2D eigenvalue weighted by Gasteiger charge is -1.97. The summed E-state index contributed by atoms with van der Waals surface area (Å²) in [6.07, 6.45) is 1.59. The van der Waals surface area contributed by atoms with Gasteiger partial charge in [-0.2, -0.15) is 0 Å². The van der Waals surface area contributed by atoms with Crippen LogP contribution in [0.15, 0.2) is 21.4 Å². The Morgan fingerprint density at radius 2 is 1.55 bits per heavy atom. The molecule has 20 heavy (non-hydrogen) atoms. The fraction of sp³-hybridized carbons (Fsp3) is 0.625.